The van der Waals surface area contributed by atoms with Gasteiger partial charge in [-0.3, -0.25) is 14.5 Å². The highest BCUT2D eigenvalue weighted by atomic mass is 16.2. The largest absolute Gasteiger partial charge is 0.368 e. The van der Waals surface area contributed by atoms with Gasteiger partial charge in [-0.15, -0.1) is 0 Å². The summed E-state index contributed by atoms with van der Waals surface area (Å²) in [6.07, 6.45) is 0.543. The summed E-state index contributed by atoms with van der Waals surface area (Å²) in [5, 5.41) is 3.00. The van der Waals surface area contributed by atoms with Gasteiger partial charge in [0.15, 0.2) is 0 Å². The summed E-state index contributed by atoms with van der Waals surface area (Å²) >= 11 is 0. The molecule has 1 heterocycles. The van der Waals surface area contributed by atoms with Gasteiger partial charge in [-0.05, 0) is 49.4 Å². The van der Waals surface area contributed by atoms with Gasteiger partial charge in [0.05, 0.1) is 12.6 Å². The average molecular weight is 351 g/mol. The van der Waals surface area contributed by atoms with E-state index in [1.807, 2.05) is 62.1 Å². The van der Waals surface area contributed by atoms with Crippen LogP contribution in [-0.2, 0) is 22.6 Å². The van der Waals surface area contributed by atoms with Crippen molar-refractivity contribution < 1.29 is 9.59 Å². The fourth-order valence-electron chi connectivity index (χ4n) is 3.76. The maximum Gasteiger partial charge on any atom is 0.238 e. The van der Waals surface area contributed by atoms with Crippen molar-refractivity contribution in [3.8, 4) is 0 Å². The van der Waals surface area contributed by atoms with Crippen molar-refractivity contribution in [3.63, 3.8) is 0 Å². The Hall–Kier alpha value is -2.66. The van der Waals surface area contributed by atoms with Gasteiger partial charge in [0, 0.05) is 12.2 Å². The Morgan fingerprint density at radius 2 is 1.73 bits per heavy atom. The van der Waals surface area contributed by atoms with E-state index in [2.05, 4.69) is 5.32 Å². The van der Waals surface area contributed by atoms with E-state index in [0.717, 1.165) is 27.9 Å². The van der Waals surface area contributed by atoms with Crippen LogP contribution in [0.25, 0.3) is 0 Å². The highest BCUT2D eigenvalue weighted by Crippen LogP contribution is 2.24. The Balaban J connectivity index is 1.77. The van der Waals surface area contributed by atoms with E-state index in [1.54, 1.807) is 0 Å². The quantitative estimate of drug-likeness (QED) is 0.888. The first kappa shape index (κ1) is 18.1. The summed E-state index contributed by atoms with van der Waals surface area (Å²) in [6, 6.07) is 11.6. The molecule has 0 aromatic heterocycles. The molecular formula is C21H25N3O2. The Labute approximate surface area is 154 Å². The van der Waals surface area contributed by atoms with Crippen molar-refractivity contribution in [1.82, 2.24) is 4.90 Å². The minimum Gasteiger partial charge on any atom is -0.368 e. The van der Waals surface area contributed by atoms with Crippen LogP contribution in [0.3, 0.4) is 0 Å². The molecule has 5 heteroatoms. The number of hydrogen-bond acceptors (Lipinski definition) is 3. The first-order valence-electron chi connectivity index (χ1n) is 8.83. The number of anilines is 1. The Kier molecular flexibility index (Phi) is 5.09. The smallest absolute Gasteiger partial charge is 0.238 e. The predicted molar refractivity (Wildman–Crippen MR) is 103 cm³/mol. The summed E-state index contributed by atoms with van der Waals surface area (Å²) in [6.45, 7) is 6.68. The summed E-state index contributed by atoms with van der Waals surface area (Å²) < 4.78 is 0. The number of amides is 2. The molecule has 0 aliphatic carbocycles. The molecule has 26 heavy (non-hydrogen) atoms. The minimum absolute atomic E-state index is 0.134. The summed E-state index contributed by atoms with van der Waals surface area (Å²) in [7, 11) is 0. The van der Waals surface area contributed by atoms with Gasteiger partial charge in [-0.25, -0.2) is 0 Å². The molecule has 0 unspecified atom stereocenters. The third kappa shape index (κ3) is 3.78. The monoisotopic (exact) mass is 351 g/mol. The Morgan fingerprint density at radius 3 is 2.35 bits per heavy atom. The van der Waals surface area contributed by atoms with Gasteiger partial charge in [0.1, 0.15) is 0 Å². The van der Waals surface area contributed by atoms with Crippen LogP contribution in [0.4, 0.5) is 5.69 Å². The molecule has 1 atom stereocenters. The Morgan fingerprint density at radius 1 is 1.12 bits per heavy atom. The molecule has 1 aliphatic rings. The van der Waals surface area contributed by atoms with Crippen LogP contribution in [0.2, 0.25) is 0 Å². The van der Waals surface area contributed by atoms with Crippen molar-refractivity contribution >= 4 is 17.5 Å². The Bertz CT molecular complexity index is 837. The third-order valence-electron chi connectivity index (χ3n) is 4.96. The van der Waals surface area contributed by atoms with Gasteiger partial charge in [0.2, 0.25) is 11.8 Å². The average Bonchev–Trinajstić information content (AvgIpc) is 2.57. The van der Waals surface area contributed by atoms with Gasteiger partial charge >= 0.3 is 0 Å². The van der Waals surface area contributed by atoms with E-state index in [-0.39, 0.29) is 12.5 Å². The van der Waals surface area contributed by atoms with Crippen molar-refractivity contribution in [2.24, 2.45) is 5.73 Å². The van der Waals surface area contributed by atoms with Crippen LogP contribution >= 0.6 is 0 Å². The van der Waals surface area contributed by atoms with Crippen LogP contribution in [0.15, 0.2) is 36.4 Å². The third-order valence-corrected chi connectivity index (χ3v) is 4.96. The predicted octanol–water partition coefficient (Wildman–Crippen LogP) is 2.46. The molecule has 0 fully saturated rings. The second-order valence-electron chi connectivity index (χ2n) is 7.12. The zero-order valence-corrected chi connectivity index (χ0v) is 15.5. The molecule has 2 aromatic carbocycles. The van der Waals surface area contributed by atoms with Crippen LogP contribution in [-0.4, -0.2) is 29.3 Å². The van der Waals surface area contributed by atoms with Crippen LogP contribution < -0.4 is 11.1 Å². The fraction of sp³-hybridized carbons (Fsp3) is 0.333. The zero-order valence-electron chi connectivity index (χ0n) is 15.5. The molecular weight excluding hydrogens is 326 g/mol. The number of carbonyl (C=O) groups excluding carboxylic acids is 2. The first-order chi connectivity index (χ1) is 12.3. The molecule has 136 valence electrons. The number of hydrogen-bond donors (Lipinski definition) is 2. The lowest BCUT2D eigenvalue weighted by molar-refractivity contribution is -0.125. The van der Waals surface area contributed by atoms with Crippen molar-refractivity contribution in [2.45, 2.75) is 39.8 Å². The molecule has 2 amide bonds. The van der Waals surface area contributed by atoms with E-state index >= 15 is 0 Å². The highest BCUT2D eigenvalue weighted by molar-refractivity contribution is 5.94. The van der Waals surface area contributed by atoms with Gasteiger partial charge < -0.3 is 11.1 Å². The lowest BCUT2D eigenvalue weighted by Crippen LogP contribution is -2.50. The molecule has 0 spiro atoms. The number of nitrogens with two attached hydrogens (primary N) is 1. The minimum atomic E-state index is -0.462. The van der Waals surface area contributed by atoms with Crippen LogP contribution in [0, 0.1) is 20.8 Å². The molecule has 0 saturated heterocycles. The van der Waals surface area contributed by atoms with Gasteiger partial charge in [-0.1, -0.05) is 42.0 Å². The fourth-order valence-corrected chi connectivity index (χ4v) is 3.76. The number of nitrogens with zero attached hydrogens (tertiary/aromatic N) is 1. The van der Waals surface area contributed by atoms with Gasteiger partial charge in [-0.2, -0.15) is 0 Å². The molecule has 5 nitrogen and oxygen atoms in total. The number of aryl methyl sites for hydroxylation is 3. The van der Waals surface area contributed by atoms with Crippen molar-refractivity contribution in [2.75, 3.05) is 11.9 Å². The normalized spacial score (nSPS) is 16.8. The zero-order chi connectivity index (χ0) is 18.8. The van der Waals surface area contributed by atoms with E-state index < -0.39 is 11.9 Å². The molecule has 2 aromatic rings. The molecule has 0 bridgehead atoms. The maximum absolute atomic E-state index is 12.6. The highest BCUT2D eigenvalue weighted by Gasteiger charge is 2.31. The first-order valence-corrected chi connectivity index (χ1v) is 8.83. The number of primary amides is 1. The topological polar surface area (TPSA) is 75.4 Å². The molecule has 1 aliphatic heterocycles. The van der Waals surface area contributed by atoms with Crippen LogP contribution in [0.1, 0.15) is 27.8 Å². The SMILES string of the molecule is Cc1cc(C)c(NC(=O)CN2Cc3ccccc3C[C@@H]2C(N)=O)c(C)c1. The second kappa shape index (κ2) is 7.30. The van der Waals surface area contributed by atoms with E-state index in [1.165, 1.54) is 5.56 Å². The van der Waals surface area contributed by atoms with E-state index in [4.69, 9.17) is 5.73 Å². The lowest BCUT2D eigenvalue weighted by atomic mass is 9.93. The van der Waals surface area contributed by atoms with Gasteiger partial charge in [0.25, 0.3) is 0 Å². The van der Waals surface area contributed by atoms with E-state index in [0.29, 0.717) is 13.0 Å². The maximum atomic E-state index is 12.6. The standard InChI is InChI=1S/C21H25N3O2/c1-13-8-14(2)20(15(3)9-13)23-19(25)12-24-11-17-7-5-4-6-16(17)10-18(24)21(22)26/h4-9,18H,10-12H2,1-3H3,(H2,22,26)(H,23,25)/t18-/m1/s1. The molecule has 3 N–H and O–H groups in total. The molecule has 0 radical (unpaired) electrons. The summed E-state index contributed by atoms with van der Waals surface area (Å²) in [5.41, 5.74) is 11.9. The summed E-state index contributed by atoms with van der Waals surface area (Å²) in [4.78, 5) is 26.4. The summed E-state index contributed by atoms with van der Waals surface area (Å²) in [5.74, 6) is -0.527. The number of nitrogens with one attached hydrogen (secondary N) is 1. The number of rotatable bonds is 4. The molecule has 0 saturated carbocycles. The van der Waals surface area contributed by atoms with E-state index in [9.17, 15) is 9.59 Å². The second-order valence-corrected chi connectivity index (χ2v) is 7.12. The number of benzene rings is 2. The van der Waals surface area contributed by atoms with Crippen molar-refractivity contribution in [3.05, 3.63) is 64.2 Å². The molecule has 3 rings (SSSR count). The van der Waals surface area contributed by atoms with Crippen LogP contribution in [0.5, 0.6) is 0 Å². The number of fused-ring (bicyclic) bond motifs is 1. The lowest BCUT2D eigenvalue weighted by Gasteiger charge is -2.34. The number of carbonyl (C=O) groups is 2. The van der Waals surface area contributed by atoms with Crippen molar-refractivity contribution in [1.29, 1.82) is 0 Å².